The molecule has 4 rings (SSSR count). The van der Waals surface area contributed by atoms with Crippen LogP contribution in [0.4, 0.5) is 17.6 Å². The molecule has 1 aliphatic carbocycles. The summed E-state index contributed by atoms with van der Waals surface area (Å²) in [6.45, 7) is 4.37. The second kappa shape index (κ2) is 8.99. The van der Waals surface area contributed by atoms with Crippen LogP contribution in [-0.2, 0) is 9.53 Å². The summed E-state index contributed by atoms with van der Waals surface area (Å²) in [6.07, 6.45) is 6.21. The lowest BCUT2D eigenvalue weighted by atomic mass is 10.0. The monoisotopic (exact) mass is 413 g/mol. The lowest BCUT2D eigenvalue weighted by Crippen LogP contribution is -2.45. The molecule has 9 heteroatoms. The van der Waals surface area contributed by atoms with Crippen molar-refractivity contribution in [3.8, 4) is 0 Å². The number of hydrogen-bond acceptors (Lipinski definition) is 8. The number of esters is 1. The van der Waals surface area contributed by atoms with E-state index in [-0.39, 0.29) is 5.97 Å². The van der Waals surface area contributed by atoms with E-state index in [2.05, 4.69) is 31.0 Å². The molecule has 0 amide bonds. The zero-order valence-corrected chi connectivity index (χ0v) is 18.0. The Bertz CT molecular complexity index is 859. The first-order chi connectivity index (χ1) is 14.5. The van der Waals surface area contributed by atoms with Crippen LogP contribution >= 0.6 is 0 Å². The summed E-state index contributed by atoms with van der Waals surface area (Å²) < 4.78 is 5.06. The van der Waals surface area contributed by atoms with E-state index in [4.69, 9.17) is 9.72 Å². The topological polar surface area (TPSA) is 90.5 Å². The first-order valence-corrected chi connectivity index (χ1v) is 10.8. The number of piperidine rings is 1. The molecular formula is C21H31N7O2. The van der Waals surface area contributed by atoms with Gasteiger partial charge in [-0.25, -0.2) is 4.98 Å². The molecule has 0 aromatic carbocycles. The van der Waals surface area contributed by atoms with Crippen LogP contribution in [0.5, 0.6) is 0 Å². The highest BCUT2D eigenvalue weighted by Crippen LogP contribution is 2.40. The first-order valence-electron chi connectivity index (χ1n) is 10.8. The Kier molecular flexibility index (Phi) is 6.17. The number of aromatic nitrogens is 4. The molecule has 0 radical (unpaired) electrons. The fourth-order valence-electron chi connectivity index (χ4n) is 3.93. The van der Waals surface area contributed by atoms with Crippen LogP contribution in [0.15, 0.2) is 18.3 Å². The van der Waals surface area contributed by atoms with E-state index in [9.17, 15) is 4.79 Å². The third kappa shape index (κ3) is 4.72. The molecule has 1 aliphatic heterocycles. The predicted octanol–water partition coefficient (Wildman–Crippen LogP) is 2.31. The van der Waals surface area contributed by atoms with Crippen LogP contribution in [0.25, 0.3) is 0 Å². The molecule has 0 atom stereocenters. The summed E-state index contributed by atoms with van der Waals surface area (Å²) in [6, 6.07) is 4.36. The Morgan fingerprint density at radius 1 is 1.23 bits per heavy atom. The highest BCUT2D eigenvalue weighted by molar-refractivity contribution is 5.71. The van der Waals surface area contributed by atoms with Gasteiger partial charge in [0, 0.05) is 57.1 Å². The Hall–Kier alpha value is -2.68. The van der Waals surface area contributed by atoms with Crippen molar-refractivity contribution in [3.05, 3.63) is 24.0 Å². The van der Waals surface area contributed by atoms with E-state index < -0.39 is 0 Å². The summed E-state index contributed by atoms with van der Waals surface area (Å²) in [5, 5.41) is 7.60. The Labute approximate surface area is 177 Å². The number of aromatic amines is 1. The quantitative estimate of drug-likeness (QED) is 0.660. The van der Waals surface area contributed by atoms with E-state index >= 15 is 0 Å². The number of nitrogens with zero attached hydrogens (tertiary/aromatic N) is 6. The molecule has 162 valence electrons. The number of carbonyl (C=O) groups excluding carboxylic acids is 1. The van der Waals surface area contributed by atoms with Gasteiger partial charge in [0.05, 0.1) is 13.2 Å². The van der Waals surface area contributed by atoms with Crippen molar-refractivity contribution in [2.24, 2.45) is 0 Å². The molecule has 2 aromatic heterocycles. The summed E-state index contributed by atoms with van der Waals surface area (Å²) in [5.41, 5.74) is 1.21. The lowest BCUT2D eigenvalue weighted by molar-refractivity contribution is -0.144. The molecule has 30 heavy (non-hydrogen) atoms. The van der Waals surface area contributed by atoms with Gasteiger partial charge in [-0.1, -0.05) is 0 Å². The number of rotatable bonds is 8. The molecule has 0 unspecified atom stereocenters. The summed E-state index contributed by atoms with van der Waals surface area (Å²) >= 11 is 0. The molecule has 1 saturated heterocycles. The van der Waals surface area contributed by atoms with Gasteiger partial charge in [0.25, 0.3) is 0 Å². The van der Waals surface area contributed by atoms with Crippen molar-refractivity contribution in [2.75, 3.05) is 50.1 Å². The first kappa shape index (κ1) is 20.6. The summed E-state index contributed by atoms with van der Waals surface area (Å²) in [7, 11) is 4.03. The van der Waals surface area contributed by atoms with E-state index in [0.29, 0.717) is 31.1 Å². The molecule has 0 spiro atoms. The zero-order valence-electron chi connectivity index (χ0n) is 18.0. The fourth-order valence-corrected chi connectivity index (χ4v) is 3.93. The van der Waals surface area contributed by atoms with Crippen molar-refractivity contribution < 1.29 is 9.53 Å². The number of nitrogens with one attached hydrogen (secondary N) is 1. The predicted molar refractivity (Wildman–Crippen MR) is 115 cm³/mol. The van der Waals surface area contributed by atoms with E-state index in [1.54, 1.807) is 6.20 Å². The van der Waals surface area contributed by atoms with Crippen LogP contribution in [-0.4, -0.2) is 77.4 Å². The van der Waals surface area contributed by atoms with Gasteiger partial charge in [-0.15, -0.1) is 0 Å². The number of H-pyrrole nitrogens is 1. The number of carbonyl (C=O) groups is 1. The second-order valence-corrected chi connectivity index (χ2v) is 8.15. The van der Waals surface area contributed by atoms with Crippen LogP contribution in [0.3, 0.4) is 0 Å². The van der Waals surface area contributed by atoms with Crippen LogP contribution < -0.4 is 9.80 Å². The molecule has 1 N–H and O–H groups in total. The normalized spacial score (nSPS) is 17.7. The summed E-state index contributed by atoms with van der Waals surface area (Å²) in [4.78, 5) is 27.3. The van der Waals surface area contributed by atoms with Crippen molar-refractivity contribution in [1.82, 2.24) is 25.1 Å². The third-order valence-electron chi connectivity index (χ3n) is 6.00. The van der Waals surface area contributed by atoms with Crippen molar-refractivity contribution in [1.29, 1.82) is 0 Å². The maximum absolute atomic E-state index is 11.7. The highest BCUT2D eigenvalue weighted by Gasteiger charge is 2.27. The minimum atomic E-state index is -0.147. The molecule has 2 aliphatic rings. The van der Waals surface area contributed by atoms with Gasteiger partial charge in [-0.3, -0.25) is 14.8 Å². The molecule has 3 heterocycles. The number of likely N-dealkylation sites (tertiary alicyclic amines) is 1. The average molecular weight is 414 g/mol. The van der Waals surface area contributed by atoms with Gasteiger partial charge in [-0.05, 0) is 38.7 Å². The standard InChI is InChI=1S/C21H31N7O2/c1-4-30-20(29)14-28-11-8-16(9-12-28)26(2)21-22-10-7-18(23-21)27(3)19-13-17(24-25-19)15-5-6-15/h7,10,13,15-16H,4-6,8-9,11-12,14H2,1-3H3,(H,24,25). The summed E-state index contributed by atoms with van der Waals surface area (Å²) in [5.74, 6) is 2.89. The van der Waals surface area contributed by atoms with Gasteiger partial charge in [-0.2, -0.15) is 10.1 Å². The van der Waals surface area contributed by atoms with Gasteiger partial charge >= 0.3 is 5.97 Å². The molecule has 2 fully saturated rings. The zero-order chi connectivity index (χ0) is 21.1. The minimum Gasteiger partial charge on any atom is -0.465 e. The number of hydrogen-bond donors (Lipinski definition) is 1. The average Bonchev–Trinajstić information content (AvgIpc) is 3.50. The SMILES string of the molecule is CCOC(=O)CN1CCC(N(C)c2nccc(N(C)c3cc(C4CC4)[nH]n3)n2)CC1. The van der Waals surface area contributed by atoms with Crippen molar-refractivity contribution in [3.63, 3.8) is 0 Å². The smallest absolute Gasteiger partial charge is 0.320 e. The molecule has 2 aromatic rings. The molecule has 9 nitrogen and oxygen atoms in total. The lowest BCUT2D eigenvalue weighted by Gasteiger charge is -2.36. The second-order valence-electron chi connectivity index (χ2n) is 8.15. The van der Waals surface area contributed by atoms with Crippen LogP contribution in [0.1, 0.15) is 44.2 Å². The number of ether oxygens (including phenoxy) is 1. The maximum atomic E-state index is 11.7. The van der Waals surface area contributed by atoms with Crippen LogP contribution in [0, 0.1) is 0 Å². The Morgan fingerprint density at radius 3 is 2.70 bits per heavy atom. The molecule has 1 saturated carbocycles. The van der Waals surface area contributed by atoms with Crippen LogP contribution in [0.2, 0.25) is 0 Å². The third-order valence-corrected chi connectivity index (χ3v) is 6.00. The minimum absolute atomic E-state index is 0.147. The Balaban J connectivity index is 1.36. The largest absolute Gasteiger partial charge is 0.465 e. The highest BCUT2D eigenvalue weighted by atomic mass is 16.5. The van der Waals surface area contributed by atoms with Gasteiger partial charge < -0.3 is 14.5 Å². The maximum Gasteiger partial charge on any atom is 0.320 e. The number of anilines is 3. The Morgan fingerprint density at radius 2 is 2.00 bits per heavy atom. The van der Waals surface area contributed by atoms with E-state index in [0.717, 1.165) is 37.6 Å². The van der Waals surface area contributed by atoms with Gasteiger partial charge in [0.2, 0.25) is 5.95 Å². The van der Waals surface area contributed by atoms with Gasteiger partial charge in [0.1, 0.15) is 5.82 Å². The molecular weight excluding hydrogens is 382 g/mol. The fraction of sp³-hybridized carbons (Fsp3) is 0.619. The van der Waals surface area contributed by atoms with Crippen molar-refractivity contribution >= 4 is 23.6 Å². The van der Waals surface area contributed by atoms with E-state index in [1.165, 1.54) is 18.5 Å². The van der Waals surface area contributed by atoms with E-state index in [1.807, 2.05) is 32.0 Å². The van der Waals surface area contributed by atoms with Crippen molar-refractivity contribution in [2.45, 2.75) is 44.6 Å². The molecule has 0 bridgehead atoms. The van der Waals surface area contributed by atoms with Gasteiger partial charge in [0.15, 0.2) is 5.82 Å².